The maximum atomic E-state index is 10.1. The van der Waals surface area contributed by atoms with E-state index in [9.17, 15) is 5.11 Å². The topological polar surface area (TPSA) is 70.6 Å². The minimum Gasteiger partial charge on any atom is -0.386 e. The Morgan fingerprint density at radius 2 is 1.96 bits per heavy atom. The van der Waals surface area contributed by atoms with Gasteiger partial charge in [0, 0.05) is 11.8 Å². The largest absolute Gasteiger partial charge is 0.386 e. The van der Waals surface area contributed by atoms with Gasteiger partial charge in [-0.25, -0.2) is 14.8 Å². The Hall–Kier alpha value is -3.17. The van der Waals surface area contributed by atoms with Gasteiger partial charge in [-0.3, -0.25) is 0 Å². The van der Waals surface area contributed by atoms with E-state index in [0.717, 1.165) is 33.7 Å². The molecule has 0 spiro atoms. The molecule has 0 saturated carbocycles. The van der Waals surface area contributed by atoms with Crippen LogP contribution in [0.4, 0.5) is 5.69 Å². The Bertz CT molecular complexity index is 1140. The molecule has 0 fully saturated rings. The molecule has 4 rings (SSSR count). The maximum absolute atomic E-state index is 10.1. The second kappa shape index (κ2) is 5.16. The zero-order valence-corrected chi connectivity index (χ0v) is 14.2. The average molecular weight is 331 g/mol. The van der Waals surface area contributed by atoms with Crippen LogP contribution >= 0.6 is 0 Å². The Morgan fingerprint density at radius 1 is 1.24 bits per heavy atom. The normalized spacial score (nSPS) is 12.0. The number of rotatable bonds is 2. The SMILES string of the molecule is [C-]#[N+]c1c[nH]c2ncc3c(-c4ccc(C(C)(C)O)cc4)nc(C)n3c12. The van der Waals surface area contributed by atoms with Gasteiger partial charge in [0.25, 0.3) is 0 Å². The second-order valence-corrected chi connectivity index (χ2v) is 6.61. The van der Waals surface area contributed by atoms with E-state index in [1.807, 2.05) is 35.6 Å². The van der Waals surface area contributed by atoms with Gasteiger partial charge in [-0.15, -0.1) is 0 Å². The molecule has 0 unspecified atom stereocenters. The van der Waals surface area contributed by atoms with Crippen molar-refractivity contribution in [1.82, 2.24) is 19.4 Å². The van der Waals surface area contributed by atoms with E-state index >= 15 is 0 Å². The first kappa shape index (κ1) is 15.4. The molecule has 2 N–H and O–H groups in total. The number of nitrogens with one attached hydrogen (secondary N) is 1. The zero-order chi connectivity index (χ0) is 17.8. The summed E-state index contributed by atoms with van der Waals surface area (Å²) >= 11 is 0. The summed E-state index contributed by atoms with van der Waals surface area (Å²) in [6.45, 7) is 12.8. The van der Waals surface area contributed by atoms with Crippen LogP contribution in [0.3, 0.4) is 0 Å². The Labute approximate surface area is 144 Å². The molecule has 0 atom stereocenters. The molecule has 3 heterocycles. The molecule has 0 saturated heterocycles. The number of nitrogens with zero attached hydrogens (tertiary/aromatic N) is 4. The van der Waals surface area contributed by atoms with Crippen LogP contribution in [0.25, 0.3) is 32.8 Å². The number of aromatic nitrogens is 4. The molecule has 4 aromatic rings. The van der Waals surface area contributed by atoms with Gasteiger partial charge in [-0.1, -0.05) is 24.3 Å². The summed E-state index contributed by atoms with van der Waals surface area (Å²) in [7, 11) is 0. The highest BCUT2D eigenvalue weighted by atomic mass is 16.3. The van der Waals surface area contributed by atoms with Crippen molar-refractivity contribution in [2.75, 3.05) is 0 Å². The number of fused-ring (bicyclic) bond motifs is 3. The minimum atomic E-state index is -0.881. The predicted octanol–water partition coefficient (Wildman–Crippen LogP) is 3.96. The summed E-state index contributed by atoms with van der Waals surface area (Å²) in [5, 5.41) is 10.1. The van der Waals surface area contributed by atoms with Gasteiger partial charge in [-0.2, -0.15) is 0 Å². The predicted molar refractivity (Wildman–Crippen MR) is 96.5 cm³/mol. The first-order valence-corrected chi connectivity index (χ1v) is 7.96. The molecule has 0 bridgehead atoms. The molecule has 0 radical (unpaired) electrons. The number of hydrogen-bond donors (Lipinski definition) is 2. The number of aliphatic hydroxyl groups is 1. The summed E-state index contributed by atoms with van der Waals surface area (Å²) < 4.78 is 1.96. The van der Waals surface area contributed by atoms with E-state index in [1.54, 1.807) is 26.2 Å². The summed E-state index contributed by atoms with van der Waals surface area (Å²) in [5.74, 6) is 0.800. The third-order valence-electron chi connectivity index (χ3n) is 4.42. The Balaban J connectivity index is 1.96. The standard InChI is InChI=1S/C19H17N5O/c1-11-23-16(12-5-7-13(8-6-12)19(2,3)25)15-10-22-18-17(24(11)15)14(20-4)9-21-18/h5-10,21,25H,1-3H3. The molecule has 0 aliphatic rings. The fraction of sp³-hybridized carbons (Fsp3) is 0.211. The lowest BCUT2D eigenvalue weighted by Crippen LogP contribution is -2.14. The number of imidazole rings is 1. The zero-order valence-electron chi connectivity index (χ0n) is 14.2. The molecule has 6 heteroatoms. The highest BCUT2D eigenvalue weighted by Gasteiger charge is 2.18. The molecule has 0 aliphatic carbocycles. The smallest absolute Gasteiger partial charge is 0.229 e. The fourth-order valence-electron chi connectivity index (χ4n) is 3.12. The molecular formula is C19H17N5O. The van der Waals surface area contributed by atoms with Crippen molar-refractivity contribution in [2.45, 2.75) is 26.4 Å². The van der Waals surface area contributed by atoms with Crippen LogP contribution in [0.15, 0.2) is 36.7 Å². The van der Waals surface area contributed by atoms with Gasteiger partial charge >= 0.3 is 0 Å². The van der Waals surface area contributed by atoms with Crippen molar-refractivity contribution in [3.05, 3.63) is 59.5 Å². The van der Waals surface area contributed by atoms with Crippen molar-refractivity contribution < 1.29 is 5.11 Å². The van der Waals surface area contributed by atoms with Crippen LogP contribution in [0.5, 0.6) is 0 Å². The third kappa shape index (κ3) is 2.29. The first-order valence-electron chi connectivity index (χ1n) is 7.96. The van der Waals surface area contributed by atoms with Crippen LogP contribution in [0.2, 0.25) is 0 Å². The highest BCUT2D eigenvalue weighted by Crippen LogP contribution is 2.32. The van der Waals surface area contributed by atoms with E-state index in [4.69, 9.17) is 11.6 Å². The van der Waals surface area contributed by atoms with Crippen molar-refractivity contribution in [2.24, 2.45) is 0 Å². The molecule has 0 aliphatic heterocycles. The number of aromatic amines is 1. The number of benzene rings is 1. The molecule has 6 nitrogen and oxygen atoms in total. The fourth-order valence-corrected chi connectivity index (χ4v) is 3.12. The van der Waals surface area contributed by atoms with Gasteiger partial charge < -0.3 is 14.5 Å². The number of hydrogen-bond acceptors (Lipinski definition) is 3. The quantitative estimate of drug-likeness (QED) is 0.546. The highest BCUT2D eigenvalue weighted by molar-refractivity contribution is 5.92. The minimum absolute atomic E-state index is 0.525. The van der Waals surface area contributed by atoms with E-state index in [0.29, 0.717) is 11.3 Å². The Morgan fingerprint density at radius 3 is 2.60 bits per heavy atom. The van der Waals surface area contributed by atoms with Gasteiger partial charge in [0.2, 0.25) is 5.69 Å². The van der Waals surface area contributed by atoms with Gasteiger partial charge in [-0.05, 0) is 26.3 Å². The van der Waals surface area contributed by atoms with Crippen molar-refractivity contribution >= 4 is 22.4 Å². The molecule has 1 aromatic carbocycles. The average Bonchev–Trinajstić information content (AvgIpc) is 3.15. The Kier molecular flexibility index (Phi) is 3.17. The molecule has 124 valence electrons. The van der Waals surface area contributed by atoms with Crippen LogP contribution in [-0.4, -0.2) is 24.5 Å². The van der Waals surface area contributed by atoms with Gasteiger partial charge in [0.1, 0.15) is 11.5 Å². The molecule has 25 heavy (non-hydrogen) atoms. The molecular weight excluding hydrogens is 314 g/mol. The van der Waals surface area contributed by atoms with Gasteiger partial charge in [0.05, 0.1) is 35.1 Å². The maximum Gasteiger partial charge on any atom is 0.229 e. The lowest BCUT2D eigenvalue weighted by atomic mass is 9.97. The summed E-state index contributed by atoms with van der Waals surface area (Å²) in [5.41, 5.74) is 4.51. The lowest BCUT2D eigenvalue weighted by molar-refractivity contribution is 0.0786. The first-order chi connectivity index (χ1) is 11.9. The van der Waals surface area contributed by atoms with Crippen molar-refractivity contribution in [3.63, 3.8) is 0 Å². The summed E-state index contributed by atoms with van der Waals surface area (Å²) in [6.07, 6.45) is 3.44. The molecule has 0 amide bonds. The summed E-state index contributed by atoms with van der Waals surface area (Å²) in [4.78, 5) is 15.7. The number of aryl methyl sites for hydroxylation is 1. The lowest BCUT2D eigenvalue weighted by Gasteiger charge is -2.17. The van der Waals surface area contributed by atoms with Crippen LogP contribution in [0.1, 0.15) is 25.2 Å². The third-order valence-corrected chi connectivity index (χ3v) is 4.42. The van der Waals surface area contributed by atoms with Crippen LogP contribution < -0.4 is 0 Å². The van der Waals surface area contributed by atoms with Crippen molar-refractivity contribution in [1.29, 1.82) is 0 Å². The van der Waals surface area contributed by atoms with E-state index in [-0.39, 0.29) is 0 Å². The summed E-state index contributed by atoms with van der Waals surface area (Å²) in [6, 6.07) is 7.71. The van der Waals surface area contributed by atoms with Crippen LogP contribution in [-0.2, 0) is 5.60 Å². The van der Waals surface area contributed by atoms with Crippen LogP contribution in [0, 0.1) is 13.5 Å². The molecule has 3 aromatic heterocycles. The van der Waals surface area contributed by atoms with E-state index in [1.165, 1.54) is 0 Å². The van der Waals surface area contributed by atoms with E-state index < -0.39 is 5.60 Å². The van der Waals surface area contributed by atoms with Gasteiger partial charge in [0.15, 0.2) is 0 Å². The monoisotopic (exact) mass is 331 g/mol. The van der Waals surface area contributed by atoms with Crippen molar-refractivity contribution in [3.8, 4) is 11.3 Å². The number of H-pyrrole nitrogens is 1. The van der Waals surface area contributed by atoms with E-state index in [2.05, 4.69) is 14.8 Å². The second-order valence-electron chi connectivity index (χ2n) is 6.61.